The Balaban J connectivity index is 2.29. The van der Waals surface area contributed by atoms with E-state index < -0.39 is 53.7 Å². The zero-order valence-corrected chi connectivity index (χ0v) is 18.6. The van der Waals surface area contributed by atoms with E-state index in [1.807, 2.05) is 30.3 Å². The van der Waals surface area contributed by atoms with Crippen LogP contribution in [-0.2, 0) is 48.6 Å². The monoisotopic (exact) mass is 454 g/mol. The Labute approximate surface area is 184 Å². The van der Waals surface area contributed by atoms with E-state index in [1.165, 1.54) is 39.5 Å². The first-order valence-corrected chi connectivity index (χ1v) is 10.7. The lowest BCUT2D eigenvalue weighted by molar-refractivity contribution is -0.176. The topological polar surface area (TPSA) is 114 Å². The average Bonchev–Trinajstić information content (AvgIpc) is 3.00. The smallest absolute Gasteiger partial charge is 0.303 e. The van der Waals surface area contributed by atoms with Crippen LogP contribution in [0.15, 0.2) is 30.3 Å². The summed E-state index contributed by atoms with van der Waals surface area (Å²) in [6, 6.07) is 9.57. The zero-order chi connectivity index (χ0) is 23.0. The predicted octanol–water partition coefficient (Wildman–Crippen LogP) is 2.00. The molecule has 0 N–H and O–H groups in total. The van der Waals surface area contributed by atoms with Gasteiger partial charge in [-0.3, -0.25) is 19.2 Å². The molecule has 0 radical (unpaired) electrons. The minimum atomic E-state index is -1.06. The summed E-state index contributed by atoms with van der Waals surface area (Å²) in [5.74, 6) is -1.89. The summed E-state index contributed by atoms with van der Waals surface area (Å²) < 4.78 is 27.2. The van der Waals surface area contributed by atoms with Crippen molar-refractivity contribution in [2.75, 3.05) is 6.61 Å². The third kappa shape index (κ3) is 7.87. The van der Waals surface area contributed by atoms with Crippen LogP contribution >= 0.6 is 11.8 Å². The minimum absolute atomic E-state index is 0.305. The molecule has 1 fully saturated rings. The summed E-state index contributed by atoms with van der Waals surface area (Å²) in [5, 5.41) is 0. The van der Waals surface area contributed by atoms with Crippen molar-refractivity contribution < 1.29 is 42.9 Å². The Bertz CT molecular complexity index is 782. The molecule has 0 spiro atoms. The number of thioether (sulfide) groups is 1. The van der Waals surface area contributed by atoms with Gasteiger partial charge >= 0.3 is 23.9 Å². The maximum atomic E-state index is 11.8. The summed E-state index contributed by atoms with van der Waals surface area (Å²) in [4.78, 5) is 46.4. The molecule has 0 bridgehead atoms. The summed E-state index contributed by atoms with van der Waals surface area (Å²) in [7, 11) is 0. The van der Waals surface area contributed by atoms with Gasteiger partial charge < -0.3 is 23.7 Å². The van der Waals surface area contributed by atoms with Crippen LogP contribution in [0.25, 0.3) is 0 Å². The first-order valence-electron chi connectivity index (χ1n) is 9.63. The van der Waals surface area contributed by atoms with Crippen LogP contribution < -0.4 is 0 Å². The van der Waals surface area contributed by atoms with Crippen molar-refractivity contribution in [3.05, 3.63) is 35.9 Å². The van der Waals surface area contributed by atoms with Crippen molar-refractivity contribution in [1.29, 1.82) is 0 Å². The second kappa shape index (κ2) is 11.7. The molecular formula is C21H26O9S. The van der Waals surface area contributed by atoms with Crippen molar-refractivity contribution in [2.24, 2.45) is 0 Å². The molecule has 10 heteroatoms. The molecule has 1 aromatic rings. The molecular weight excluding hydrogens is 428 g/mol. The van der Waals surface area contributed by atoms with E-state index >= 15 is 0 Å². The Kier molecular flexibility index (Phi) is 9.32. The molecule has 31 heavy (non-hydrogen) atoms. The minimum Gasteiger partial charge on any atom is -0.462 e. The Hall–Kier alpha value is -2.59. The van der Waals surface area contributed by atoms with Crippen LogP contribution in [0.5, 0.6) is 0 Å². The van der Waals surface area contributed by atoms with Gasteiger partial charge in [0.25, 0.3) is 0 Å². The van der Waals surface area contributed by atoms with Gasteiger partial charge in [-0.15, -0.1) is 11.8 Å². The molecule has 1 saturated heterocycles. The SMILES string of the molecule is CC(=O)OC[C@@H](OC(C)=O)[C@@H]1O[C@@H](SCc2ccccc2)[C@H](OC(C)=O)[C@H]1OC(C)=O. The van der Waals surface area contributed by atoms with Crippen LogP contribution in [-0.4, -0.2) is 60.3 Å². The molecule has 1 heterocycles. The van der Waals surface area contributed by atoms with Crippen LogP contribution in [0, 0.1) is 0 Å². The third-order valence-corrected chi connectivity index (χ3v) is 5.41. The van der Waals surface area contributed by atoms with Crippen LogP contribution in [0.1, 0.15) is 33.3 Å². The Morgan fingerprint density at radius 1 is 0.903 bits per heavy atom. The highest BCUT2D eigenvalue weighted by molar-refractivity contribution is 7.99. The summed E-state index contributed by atoms with van der Waals surface area (Å²) >= 11 is 1.34. The second-order valence-corrected chi connectivity index (χ2v) is 7.95. The van der Waals surface area contributed by atoms with Gasteiger partial charge in [0.05, 0.1) is 0 Å². The van der Waals surface area contributed by atoms with Crippen molar-refractivity contribution in [1.82, 2.24) is 0 Å². The van der Waals surface area contributed by atoms with Crippen molar-refractivity contribution in [3.63, 3.8) is 0 Å². The van der Waals surface area contributed by atoms with Gasteiger partial charge in [0.1, 0.15) is 18.1 Å². The first-order chi connectivity index (χ1) is 14.7. The van der Waals surface area contributed by atoms with Gasteiger partial charge in [-0.1, -0.05) is 30.3 Å². The highest BCUT2D eigenvalue weighted by Gasteiger charge is 2.53. The molecule has 1 aromatic carbocycles. The molecule has 1 aliphatic rings. The molecule has 0 aliphatic carbocycles. The van der Waals surface area contributed by atoms with E-state index in [2.05, 4.69) is 0 Å². The van der Waals surface area contributed by atoms with Crippen molar-refractivity contribution in [3.8, 4) is 0 Å². The molecule has 1 aliphatic heterocycles. The molecule has 9 nitrogen and oxygen atoms in total. The number of carbonyl (C=O) groups excluding carboxylic acids is 4. The van der Waals surface area contributed by atoms with Crippen LogP contribution in [0.3, 0.4) is 0 Å². The van der Waals surface area contributed by atoms with Gasteiger partial charge in [-0.2, -0.15) is 0 Å². The Morgan fingerprint density at radius 3 is 2.06 bits per heavy atom. The highest BCUT2D eigenvalue weighted by Crippen LogP contribution is 2.37. The standard InChI is InChI=1S/C21H26O9S/c1-12(22)26-10-17(27-13(2)23)18-19(28-14(3)24)20(29-15(4)25)21(30-18)31-11-16-8-6-5-7-9-16/h5-9,17-21H,10-11H2,1-4H3/t17-,18+,19+,20-,21+/m1/s1. The third-order valence-electron chi connectivity index (χ3n) is 4.20. The van der Waals surface area contributed by atoms with E-state index in [1.54, 1.807) is 0 Å². The highest BCUT2D eigenvalue weighted by atomic mass is 32.2. The van der Waals surface area contributed by atoms with Gasteiger partial charge in [0, 0.05) is 33.4 Å². The van der Waals surface area contributed by atoms with Crippen LogP contribution in [0.4, 0.5) is 0 Å². The van der Waals surface area contributed by atoms with Crippen LogP contribution in [0.2, 0.25) is 0 Å². The normalized spacial score (nSPS) is 23.5. The molecule has 0 aromatic heterocycles. The van der Waals surface area contributed by atoms with E-state index in [0.29, 0.717) is 5.75 Å². The van der Waals surface area contributed by atoms with Crippen molar-refractivity contribution >= 4 is 35.6 Å². The average molecular weight is 454 g/mol. The summed E-state index contributed by atoms with van der Waals surface area (Å²) in [6.07, 6.45) is -4.08. The van der Waals surface area contributed by atoms with E-state index in [-0.39, 0.29) is 6.61 Å². The van der Waals surface area contributed by atoms with Gasteiger partial charge in [-0.05, 0) is 5.56 Å². The number of carbonyl (C=O) groups is 4. The number of benzene rings is 1. The van der Waals surface area contributed by atoms with Gasteiger partial charge in [-0.25, -0.2) is 0 Å². The molecule has 170 valence electrons. The van der Waals surface area contributed by atoms with E-state index in [9.17, 15) is 19.2 Å². The lowest BCUT2D eigenvalue weighted by Gasteiger charge is -2.27. The quantitative estimate of drug-likeness (QED) is 0.405. The fourth-order valence-corrected chi connectivity index (χ4v) is 4.24. The lowest BCUT2D eigenvalue weighted by Crippen LogP contribution is -2.46. The predicted molar refractivity (Wildman–Crippen MR) is 110 cm³/mol. The summed E-state index contributed by atoms with van der Waals surface area (Å²) in [5.41, 5.74) is 0.301. The zero-order valence-electron chi connectivity index (χ0n) is 17.8. The fourth-order valence-electron chi connectivity index (χ4n) is 3.09. The molecule has 5 atom stereocenters. The van der Waals surface area contributed by atoms with Crippen molar-refractivity contribution in [2.45, 2.75) is 63.3 Å². The van der Waals surface area contributed by atoms with E-state index in [0.717, 1.165) is 5.56 Å². The molecule has 2 rings (SSSR count). The lowest BCUT2D eigenvalue weighted by atomic mass is 10.1. The molecule has 0 amide bonds. The number of hydrogen-bond acceptors (Lipinski definition) is 10. The number of rotatable bonds is 9. The fraction of sp³-hybridized carbons (Fsp3) is 0.524. The van der Waals surface area contributed by atoms with E-state index in [4.69, 9.17) is 23.7 Å². The molecule has 0 saturated carbocycles. The van der Waals surface area contributed by atoms with Gasteiger partial charge in [0.2, 0.25) is 0 Å². The number of esters is 4. The number of hydrogen-bond donors (Lipinski definition) is 0. The molecule has 0 unspecified atom stereocenters. The second-order valence-electron chi connectivity index (χ2n) is 6.86. The maximum absolute atomic E-state index is 11.8. The maximum Gasteiger partial charge on any atom is 0.303 e. The Morgan fingerprint density at radius 2 is 1.52 bits per heavy atom. The largest absolute Gasteiger partial charge is 0.462 e. The van der Waals surface area contributed by atoms with Gasteiger partial charge in [0.15, 0.2) is 18.3 Å². The summed E-state index contributed by atoms with van der Waals surface area (Å²) in [6.45, 7) is 4.55. The first kappa shape index (κ1) is 24.7. The number of ether oxygens (including phenoxy) is 5.